The number of carboxylic acid groups (broad SMARTS) is 1. The molecule has 1 fully saturated rings. The summed E-state index contributed by atoms with van der Waals surface area (Å²) < 4.78 is 22.2. The fourth-order valence-electron chi connectivity index (χ4n) is 2.48. The normalized spacial score (nSPS) is 19.5. The average molecular weight is 306 g/mol. The van der Waals surface area contributed by atoms with Gasteiger partial charge in [0, 0.05) is 12.8 Å². The molecule has 0 bridgehead atoms. The number of amides is 1. The molecule has 7 nitrogen and oxygen atoms in total. The molecule has 0 heterocycles. The molecule has 116 valence electrons. The van der Waals surface area contributed by atoms with Crippen LogP contribution in [0.1, 0.15) is 32.1 Å². The maximum atomic E-state index is 12.2. The summed E-state index contributed by atoms with van der Waals surface area (Å²) in [5.74, 6) is -1.88. The molecular formula is C12H22N2O5S. The minimum atomic E-state index is -3.27. The maximum absolute atomic E-state index is 12.2. The standard InChI is InChI=1S/C12H22N2O5S/c1-20(18,19)7-4-9(10(15)16)14-11(17)12(8-13)5-2-3-6-12/h9H,2-8,13H2,1H3,(H,14,17)(H,15,16). The van der Waals surface area contributed by atoms with E-state index in [-0.39, 0.29) is 24.6 Å². The zero-order valence-electron chi connectivity index (χ0n) is 11.6. The average Bonchev–Trinajstić information content (AvgIpc) is 2.82. The third kappa shape index (κ3) is 4.45. The van der Waals surface area contributed by atoms with Crippen molar-refractivity contribution in [3.8, 4) is 0 Å². The molecule has 1 aliphatic rings. The summed E-state index contributed by atoms with van der Waals surface area (Å²) >= 11 is 0. The second-order valence-corrected chi connectivity index (χ2v) is 7.73. The van der Waals surface area contributed by atoms with Gasteiger partial charge in [-0.25, -0.2) is 13.2 Å². The molecule has 8 heteroatoms. The smallest absolute Gasteiger partial charge is 0.326 e. The lowest BCUT2D eigenvalue weighted by Gasteiger charge is -2.27. The van der Waals surface area contributed by atoms with Gasteiger partial charge in [0.25, 0.3) is 0 Å². The lowest BCUT2D eigenvalue weighted by molar-refractivity contribution is -0.143. The van der Waals surface area contributed by atoms with Crippen LogP contribution in [0.5, 0.6) is 0 Å². The van der Waals surface area contributed by atoms with Crippen molar-refractivity contribution >= 4 is 21.7 Å². The van der Waals surface area contributed by atoms with Crippen molar-refractivity contribution < 1.29 is 23.1 Å². The lowest BCUT2D eigenvalue weighted by atomic mass is 9.85. The number of nitrogens with one attached hydrogen (secondary N) is 1. The van der Waals surface area contributed by atoms with Crippen LogP contribution in [0.4, 0.5) is 0 Å². The first-order chi connectivity index (χ1) is 9.20. The number of carbonyl (C=O) groups is 2. The van der Waals surface area contributed by atoms with Crippen LogP contribution in [0.3, 0.4) is 0 Å². The van der Waals surface area contributed by atoms with Crippen molar-refractivity contribution in [3.63, 3.8) is 0 Å². The van der Waals surface area contributed by atoms with Gasteiger partial charge < -0.3 is 16.2 Å². The Morgan fingerprint density at radius 2 is 1.90 bits per heavy atom. The molecule has 1 atom stereocenters. The van der Waals surface area contributed by atoms with Crippen molar-refractivity contribution in [2.45, 2.75) is 38.1 Å². The van der Waals surface area contributed by atoms with Crippen LogP contribution in [-0.4, -0.2) is 50.0 Å². The summed E-state index contributed by atoms with van der Waals surface area (Å²) in [6, 6.07) is -1.19. The van der Waals surface area contributed by atoms with Crippen LogP contribution < -0.4 is 11.1 Å². The van der Waals surface area contributed by atoms with E-state index in [0.29, 0.717) is 12.8 Å². The number of carboxylic acids is 1. The quantitative estimate of drug-likeness (QED) is 0.582. The second-order valence-electron chi connectivity index (χ2n) is 5.47. The number of hydrogen-bond donors (Lipinski definition) is 3. The van der Waals surface area contributed by atoms with Crippen LogP contribution in [0.2, 0.25) is 0 Å². The Morgan fingerprint density at radius 3 is 2.30 bits per heavy atom. The van der Waals surface area contributed by atoms with E-state index >= 15 is 0 Å². The van der Waals surface area contributed by atoms with E-state index < -0.39 is 27.3 Å². The zero-order chi connectivity index (χ0) is 15.4. The van der Waals surface area contributed by atoms with Gasteiger partial charge in [0.1, 0.15) is 15.9 Å². The summed E-state index contributed by atoms with van der Waals surface area (Å²) in [6.45, 7) is 0.178. The van der Waals surface area contributed by atoms with Crippen molar-refractivity contribution in [1.29, 1.82) is 0 Å². The minimum absolute atomic E-state index is 0.138. The third-order valence-corrected chi connectivity index (χ3v) is 4.79. The van der Waals surface area contributed by atoms with Gasteiger partial charge in [-0.2, -0.15) is 0 Å². The predicted octanol–water partition coefficient (Wildman–Crippen LogP) is -0.490. The molecule has 0 aromatic carbocycles. The first-order valence-corrected chi connectivity index (χ1v) is 8.68. The fourth-order valence-corrected chi connectivity index (χ4v) is 3.14. The van der Waals surface area contributed by atoms with Crippen LogP contribution in [0.25, 0.3) is 0 Å². The van der Waals surface area contributed by atoms with Crippen LogP contribution in [-0.2, 0) is 19.4 Å². The molecule has 1 saturated carbocycles. The molecule has 0 aromatic rings. The highest BCUT2D eigenvalue weighted by atomic mass is 32.2. The van der Waals surface area contributed by atoms with Crippen molar-refractivity contribution in [3.05, 3.63) is 0 Å². The molecule has 1 rings (SSSR count). The second kappa shape index (κ2) is 6.53. The third-order valence-electron chi connectivity index (χ3n) is 3.81. The Balaban J connectivity index is 2.70. The molecule has 0 aromatic heterocycles. The van der Waals surface area contributed by atoms with Crippen LogP contribution in [0, 0.1) is 5.41 Å². The minimum Gasteiger partial charge on any atom is -0.480 e. The van der Waals surface area contributed by atoms with E-state index in [2.05, 4.69) is 5.32 Å². The lowest BCUT2D eigenvalue weighted by Crippen LogP contribution is -2.50. The van der Waals surface area contributed by atoms with E-state index in [1.165, 1.54) is 0 Å². The SMILES string of the molecule is CS(=O)(=O)CCC(NC(=O)C1(CN)CCCC1)C(=O)O. The predicted molar refractivity (Wildman–Crippen MR) is 73.8 cm³/mol. The summed E-state index contributed by atoms with van der Waals surface area (Å²) in [5.41, 5.74) is 4.96. The molecule has 0 spiro atoms. The number of hydrogen-bond acceptors (Lipinski definition) is 5. The molecule has 0 radical (unpaired) electrons. The molecule has 4 N–H and O–H groups in total. The first-order valence-electron chi connectivity index (χ1n) is 6.62. The summed E-state index contributed by atoms with van der Waals surface area (Å²) in [6.07, 6.45) is 3.98. The Labute approximate surface area is 118 Å². The van der Waals surface area contributed by atoms with Gasteiger partial charge >= 0.3 is 5.97 Å². The van der Waals surface area contributed by atoms with Crippen LogP contribution in [0.15, 0.2) is 0 Å². The molecular weight excluding hydrogens is 284 g/mol. The number of aliphatic carboxylic acids is 1. The zero-order valence-corrected chi connectivity index (χ0v) is 12.4. The van der Waals surface area contributed by atoms with Crippen molar-refractivity contribution in [2.24, 2.45) is 11.1 Å². The van der Waals surface area contributed by atoms with Gasteiger partial charge in [-0.1, -0.05) is 12.8 Å². The van der Waals surface area contributed by atoms with Crippen molar-refractivity contribution in [1.82, 2.24) is 5.32 Å². The van der Waals surface area contributed by atoms with Gasteiger partial charge in [-0.15, -0.1) is 0 Å². The number of nitrogens with two attached hydrogens (primary N) is 1. The van der Waals surface area contributed by atoms with Gasteiger partial charge in [-0.3, -0.25) is 4.79 Å². The van der Waals surface area contributed by atoms with E-state index in [9.17, 15) is 18.0 Å². The molecule has 0 aliphatic heterocycles. The molecule has 1 aliphatic carbocycles. The largest absolute Gasteiger partial charge is 0.480 e. The van der Waals surface area contributed by atoms with E-state index in [1.807, 2.05) is 0 Å². The van der Waals surface area contributed by atoms with Crippen molar-refractivity contribution in [2.75, 3.05) is 18.6 Å². The Morgan fingerprint density at radius 1 is 1.35 bits per heavy atom. The molecule has 1 amide bonds. The van der Waals surface area contributed by atoms with Gasteiger partial charge in [-0.05, 0) is 19.3 Å². The van der Waals surface area contributed by atoms with Gasteiger partial charge in [0.2, 0.25) is 5.91 Å². The summed E-state index contributed by atoms with van der Waals surface area (Å²) in [5, 5.41) is 11.5. The number of carbonyl (C=O) groups excluding carboxylic acids is 1. The van der Waals surface area contributed by atoms with Gasteiger partial charge in [0.15, 0.2) is 0 Å². The highest BCUT2D eigenvalue weighted by Gasteiger charge is 2.41. The van der Waals surface area contributed by atoms with Crippen LogP contribution >= 0.6 is 0 Å². The van der Waals surface area contributed by atoms with E-state index in [0.717, 1.165) is 19.1 Å². The Kier molecular flexibility index (Phi) is 5.52. The van der Waals surface area contributed by atoms with E-state index in [1.54, 1.807) is 0 Å². The Bertz CT molecular complexity index is 468. The maximum Gasteiger partial charge on any atom is 0.326 e. The van der Waals surface area contributed by atoms with E-state index in [4.69, 9.17) is 10.8 Å². The molecule has 0 saturated heterocycles. The topological polar surface area (TPSA) is 127 Å². The Hall–Kier alpha value is -1.15. The molecule has 1 unspecified atom stereocenters. The first kappa shape index (κ1) is 16.9. The number of rotatable bonds is 7. The monoisotopic (exact) mass is 306 g/mol. The summed E-state index contributed by atoms with van der Waals surface area (Å²) in [4.78, 5) is 23.4. The highest BCUT2D eigenvalue weighted by molar-refractivity contribution is 7.90. The number of sulfone groups is 1. The highest BCUT2D eigenvalue weighted by Crippen LogP contribution is 2.37. The molecule has 20 heavy (non-hydrogen) atoms. The van der Waals surface area contributed by atoms with Gasteiger partial charge in [0.05, 0.1) is 11.2 Å². The fraction of sp³-hybridized carbons (Fsp3) is 0.833. The summed E-state index contributed by atoms with van der Waals surface area (Å²) in [7, 11) is -3.27.